The summed E-state index contributed by atoms with van der Waals surface area (Å²) in [6.07, 6.45) is 2.91. The van der Waals surface area contributed by atoms with Crippen LogP contribution < -0.4 is 0 Å². The van der Waals surface area contributed by atoms with Crippen LogP contribution in [0.1, 0.15) is 19.9 Å². The molecule has 1 N–H and O–H groups in total. The van der Waals surface area contributed by atoms with Crippen LogP contribution in [-0.2, 0) is 4.79 Å². The molecule has 0 aromatic carbocycles. The minimum Gasteiger partial charge on any atom is -0.481 e. The summed E-state index contributed by atoms with van der Waals surface area (Å²) in [6.45, 7) is 3.45. The highest BCUT2D eigenvalue weighted by Crippen LogP contribution is 2.14. The number of rotatable bonds is 3. The number of hydrogen-bond acceptors (Lipinski definition) is 3. The van der Waals surface area contributed by atoms with Gasteiger partial charge in [-0.1, -0.05) is 0 Å². The van der Waals surface area contributed by atoms with Crippen LogP contribution in [0, 0.1) is 5.92 Å². The van der Waals surface area contributed by atoms with Gasteiger partial charge in [-0.25, -0.2) is 9.67 Å². The molecule has 2 atom stereocenters. The predicted molar refractivity (Wildman–Crippen MR) is 41.5 cm³/mol. The molecule has 0 spiro atoms. The number of hydrogen-bond donors (Lipinski definition) is 1. The molecule has 1 aromatic rings. The zero-order valence-corrected chi connectivity index (χ0v) is 7.01. The lowest BCUT2D eigenvalue weighted by molar-refractivity contribution is -0.142. The van der Waals surface area contributed by atoms with Crippen molar-refractivity contribution in [1.82, 2.24) is 14.8 Å². The van der Waals surface area contributed by atoms with Gasteiger partial charge in [0, 0.05) is 0 Å². The van der Waals surface area contributed by atoms with Crippen LogP contribution in [-0.4, -0.2) is 25.8 Å². The maximum absolute atomic E-state index is 10.6. The molecular weight excluding hydrogens is 158 g/mol. The van der Waals surface area contributed by atoms with Gasteiger partial charge in [-0.2, -0.15) is 5.10 Å². The van der Waals surface area contributed by atoms with Gasteiger partial charge in [0.05, 0.1) is 12.0 Å². The topological polar surface area (TPSA) is 68.0 Å². The van der Waals surface area contributed by atoms with Gasteiger partial charge in [0.1, 0.15) is 12.7 Å². The lowest BCUT2D eigenvalue weighted by atomic mass is 10.1. The van der Waals surface area contributed by atoms with E-state index in [9.17, 15) is 4.79 Å². The average Bonchev–Trinajstić information content (AvgIpc) is 2.53. The zero-order valence-electron chi connectivity index (χ0n) is 7.01. The quantitative estimate of drug-likeness (QED) is 0.717. The summed E-state index contributed by atoms with van der Waals surface area (Å²) in [5.74, 6) is -1.27. The van der Waals surface area contributed by atoms with Gasteiger partial charge in [0.2, 0.25) is 0 Å². The van der Waals surface area contributed by atoms with Gasteiger partial charge >= 0.3 is 5.97 Å². The van der Waals surface area contributed by atoms with E-state index in [0.29, 0.717) is 0 Å². The van der Waals surface area contributed by atoms with Crippen LogP contribution in [0.15, 0.2) is 12.7 Å². The number of carboxylic acid groups (broad SMARTS) is 1. The Labute approximate surface area is 70.0 Å². The molecule has 2 unspecified atom stereocenters. The Morgan fingerprint density at radius 3 is 2.67 bits per heavy atom. The standard InChI is InChI=1S/C7H11N3O2/c1-5(7(11)12)6(2)10-4-8-3-9-10/h3-6H,1-2H3,(H,11,12). The number of nitrogens with zero attached hydrogens (tertiary/aromatic N) is 3. The Morgan fingerprint density at radius 1 is 1.58 bits per heavy atom. The van der Waals surface area contributed by atoms with E-state index < -0.39 is 11.9 Å². The summed E-state index contributed by atoms with van der Waals surface area (Å²) in [6, 6.07) is -0.162. The first-order valence-corrected chi connectivity index (χ1v) is 3.70. The van der Waals surface area contributed by atoms with E-state index in [-0.39, 0.29) is 6.04 Å². The molecule has 0 saturated heterocycles. The van der Waals surface area contributed by atoms with E-state index in [4.69, 9.17) is 5.11 Å². The molecule has 1 heterocycles. The minimum atomic E-state index is -0.821. The van der Waals surface area contributed by atoms with Crippen molar-refractivity contribution in [3.8, 4) is 0 Å². The molecule has 0 saturated carbocycles. The second kappa shape index (κ2) is 3.34. The van der Waals surface area contributed by atoms with Crippen molar-refractivity contribution in [3.63, 3.8) is 0 Å². The van der Waals surface area contributed by atoms with E-state index in [1.54, 1.807) is 18.5 Å². The second-order valence-electron chi connectivity index (χ2n) is 2.74. The highest BCUT2D eigenvalue weighted by Gasteiger charge is 2.20. The highest BCUT2D eigenvalue weighted by molar-refractivity contribution is 5.70. The van der Waals surface area contributed by atoms with Gasteiger partial charge < -0.3 is 5.11 Å². The predicted octanol–water partition coefficient (Wildman–Crippen LogP) is 0.560. The van der Waals surface area contributed by atoms with Crippen LogP contribution in [0.3, 0.4) is 0 Å². The van der Waals surface area contributed by atoms with Crippen molar-refractivity contribution in [2.75, 3.05) is 0 Å². The third kappa shape index (κ3) is 1.61. The van der Waals surface area contributed by atoms with Crippen molar-refractivity contribution in [1.29, 1.82) is 0 Å². The first-order valence-electron chi connectivity index (χ1n) is 3.70. The fourth-order valence-corrected chi connectivity index (χ4v) is 0.863. The van der Waals surface area contributed by atoms with Gasteiger partial charge in [-0.15, -0.1) is 0 Å². The third-order valence-corrected chi connectivity index (χ3v) is 1.97. The van der Waals surface area contributed by atoms with E-state index >= 15 is 0 Å². The summed E-state index contributed by atoms with van der Waals surface area (Å²) >= 11 is 0. The molecular formula is C7H11N3O2. The molecule has 1 aromatic heterocycles. The van der Waals surface area contributed by atoms with Crippen LogP contribution >= 0.6 is 0 Å². The van der Waals surface area contributed by atoms with Crippen molar-refractivity contribution in [2.45, 2.75) is 19.9 Å². The van der Waals surface area contributed by atoms with Crippen molar-refractivity contribution in [2.24, 2.45) is 5.92 Å². The van der Waals surface area contributed by atoms with Crippen molar-refractivity contribution in [3.05, 3.63) is 12.7 Å². The second-order valence-corrected chi connectivity index (χ2v) is 2.74. The summed E-state index contributed by atoms with van der Waals surface area (Å²) in [5, 5.41) is 12.6. The van der Waals surface area contributed by atoms with Crippen LogP contribution in [0.2, 0.25) is 0 Å². The van der Waals surface area contributed by atoms with E-state index in [0.717, 1.165) is 0 Å². The molecule has 0 amide bonds. The normalized spacial score (nSPS) is 15.5. The first-order chi connectivity index (χ1) is 5.63. The summed E-state index contributed by atoms with van der Waals surface area (Å²) < 4.78 is 1.54. The molecule has 1 rings (SSSR count). The molecule has 5 nitrogen and oxygen atoms in total. The first kappa shape index (κ1) is 8.70. The molecule has 0 radical (unpaired) electrons. The number of carboxylic acids is 1. The van der Waals surface area contributed by atoms with Gasteiger partial charge in [-0.05, 0) is 13.8 Å². The van der Waals surface area contributed by atoms with E-state index in [2.05, 4.69) is 10.1 Å². The molecule has 12 heavy (non-hydrogen) atoms. The fourth-order valence-electron chi connectivity index (χ4n) is 0.863. The molecule has 0 bridgehead atoms. The van der Waals surface area contributed by atoms with Crippen LogP contribution in [0.4, 0.5) is 0 Å². The molecule has 0 fully saturated rings. The molecule has 0 aliphatic carbocycles. The fraction of sp³-hybridized carbons (Fsp3) is 0.571. The van der Waals surface area contributed by atoms with Crippen molar-refractivity contribution < 1.29 is 9.90 Å². The van der Waals surface area contributed by atoms with Crippen LogP contribution in [0.25, 0.3) is 0 Å². The van der Waals surface area contributed by atoms with Gasteiger partial charge in [0.15, 0.2) is 0 Å². The Morgan fingerprint density at radius 2 is 2.25 bits per heavy atom. The van der Waals surface area contributed by atoms with E-state index in [1.165, 1.54) is 12.7 Å². The minimum absolute atomic E-state index is 0.162. The SMILES string of the molecule is CC(C(=O)O)C(C)n1cncn1. The Kier molecular flexibility index (Phi) is 2.42. The van der Waals surface area contributed by atoms with Gasteiger partial charge in [-0.3, -0.25) is 4.79 Å². The Bertz CT molecular complexity index is 258. The lowest BCUT2D eigenvalue weighted by Gasteiger charge is -2.15. The number of aromatic nitrogens is 3. The molecule has 0 aliphatic rings. The average molecular weight is 169 g/mol. The monoisotopic (exact) mass is 169 g/mol. The Balaban J connectivity index is 2.71. The zero-order chi connectivity index (χ0) is 9.14. The highest BCUT2D eigenvalue weighted by atomic mass is 16.4. The third-order valence-electron chi connectivity index (χ3n) is 1.97. The molecule has 5 heteroatoms. The van der Waals surface area contributed by atoms with Crippen molar-refractivity contribution >= 4 is 5.97 Å². The molecule has 0 aliphatic heterocycles. The van der Waals surface area contributed by atoms with Gasteiger partial charge in [0.25, 0.3) is 0 Å². The number of aliphatic carboxylic acids is 1. The smallest absolute Gasteiger partial charge is 0.308 e. The largest absolute Gasteiger partial charge is 0.481 e. The Hall–Kier alpha value is -1.39. The maximum atomic E-state index is 10.6. The maximum Gasteiger partial charge on any atom is 0.308 e. The summed E-state index contributed by atoms with van der Waals surface area (Å²) in [4.78, 5) is 14.3. The number of carbonyl (C=O) groups is 1. The lowest BCUT2D eigenvalue weighted by Crippen LogP contribution is -2.21. The van der Waals surface area contributed by atoms with Crippen LogP contribution in [0.5, 0.6) is 0 Å². The summed E-state index contributed by atoms with van der Waals surface area (Å²) in [5.41, 5.74) is 0. The molecule has 66 valence electrons. The summed E-state index contributed by atoms with van der Waals surface area (Å²) in [7, 11) is 0. The van der Waals surface area contributed by atoms with E-state index in [1.807, 2.05) is 0 Å².